The highest BCUT2D eigenvalue weighted by atomic mass is 32.2. The van der Waals surface area contributed by atoms with E-state index in [9.17, 15) is 22.8 Å². The number of nitrogens with one attached hydrogen (secondary N) is 1. The minimum atomic E-state index is -3.94. The van der Waals surface area contributed by atoms with Crippen LogP contribution in [0.5, 0.6) is 0 Å². The molecule has 0 bridgehead atoms. The molecule has 0 aromatic carbocycles. The second-order valence-corrected chi connectivity index (χ2v) is 7.58. The van der Waals surface area contributed by atoms with Crippen molar-refractivity contribution in [2.45, 2.75) is 24.8 Å². The van der Waals surface area contributed by atoms with Gasteiger partial charge in [-0.1, -0.05) is 0 Å². The first-order valence-corrected chi connectivity index (χ1v) is 9.14. The lowest BCUT2D eigenvalue weighted by Gasteiger charge is -2.28. The van der Waals surface area contributed by atoms with E-state index in [2.05, 4.69) is 10.3 Å². The van der Waals surface area contributed by atoms with Gasteiger partial charge in [-0.3, -0.25) is 14.6 Å². The number of aliphatic carboxylic acids is 1. The average molecular weight is 386 g/mol. The second kappa shape index (κ2) is 9.25. The molecule has 0 spiro atoms. The van der Waals surface area contributed by atoms with Gasteiger partial charge in [0.25, 0.3) is 0 Å². The van der Waals surface area contributed by atoms with Crippen molar-refractivity contribution in [2.24, 2.45) is 0 Å². The Balaban J connectivity index is 2.90. The van der Waals surface area contributed by atoms with Gasteiger partial charge in [0.1, 0.15) is 10.9 Å². The molecule has 10 nitrogen and oxygen atoms in total. The fourth-order valence-corrected chi connectivity index (χ4v) is 3.15. The van der Waals surface area contributed by atoms with E-state index in [1.165, 1.54) is 39.2 Å². The highest BCUT2D eigenvalue weighted by molar-refractivity contribution is 7.89. The Kier molecular flexibility index (Phi) is 7.65. The number of hydrogen-bond donors (Lipinski definition) is 2. The summed E-state index contributed by atoms with van der Waals surface area (Å²) in [6, 6.07) is 1.62. The molecule has 11 heteroatoms. The molecule has 0 radical (unpaired) electrons. The average Bonchev–Trinajstić information content (AvgIpc) is 2.58. The Bertz CT molecular complexity index is 753. The molecule has 1 aromatic rings. The minimum Gasteiger partial charge on any atom is -0.480 e. The number of rotatable bonds is 9. The van der Waals surface area contributed by atoms with E-state index in [0.717, 1.165) is 15.4 Å². The third kappa shape index (κ3) is 5.77. The lowest BCUT2D eigenvalue weighted by Crippen LogP contribution is -2.50. The molecule has 1 aromatic heterocycles. The van der Waals surface area contributed by atoms with Crippen LogP contribution in [0.3, 0.4) is 0 Å². The van der Waals surface area contributed by atoms with Gasteiger partial charge in [-0.15, -0.1) is 0 Å². The summed E-state index contributed by atoms with van der Waals surface area (Å²) in [5.41, 5.74) is 0. The van der Waals surface area contributed by atoms with Crippen LogP contribution < -0.4 is 5.32 Å². The molecule has 1 heterocycles. The smallest absolute Gasteiger partial charge is 0.326 e. The highest BCUT2D eigenvalue weighted by Gasteiger charge is 2.29. The van der Waals surface area contributed by atoms with Crippen molar-refractivity contribution >= 4 is 27.8 Å². The molecular weight excluding hydrogens is 364 g/mol. The Morgan fingerprint density at radius 1 is 1.35 bits per heavy atom. The van der Waals surface area contributed by atoms with Crippen LogP contribution in [0.1, 0.15) is 13.8 Å². The van der Waals surface area contributed by atoms with Crippen molar-refractivity contribution in [3.63, 3.8) is 0 Å². The van der Waals surface area contributed by atoms with E-state index in [1.807, 2.05) is 0 Å². The van der Waals surface area contributed by atoms with Crippen LogP contribution in [0.4, 0.5) is 0 Å². The van der Waals surface area contributed by atoms with Crippen LogP contribution >= 0.6 is 0 Å². The molecule has 2 amide bonds. The number of sulfonamides is 1. The topological polar surface area (TPSA) is 137 Å². The molecule has 0 saturated carbocycles. The lowest BCUT2D eigenvalue weighted by molar-refractivity contribution is -0.149. The molecule has 0 fully saturated rings. The van der Waals surface area contributed by atoms with E-state index in [4.69, 9.17) is 5.11 Å². The summed E-state index contributed by atoms with van der Waals surface area (Å²) < 4.78 is 25.7. The summed E-state index contributed by atoms with van der Waals surface area (Å²) in [5, 5.41) is 11.6. The van der Waals surface area contributed by atoms with Crippen molar-refractivity contribution in [2.75, 3.05) is 26.7 Å². The minimum absolute atomic E-state index is 0.0533. The van der Waals surface area contributed by atoms with Gasteiger partial charge in [-0.25, -0.2) is 13.2 Å². The first kappa shape index (κ1) is 21.5. The van der Waals surface area contributed by atoms with Gasteiger partial charge < -0.3 is 15.3 Å². The number of aromatic nitrogens is 1. The zero-order chi connectivity index (χ0) is 19.9. The SMILES string of the molecule is CC(=O)NCCN(C(=O)CN(C)S(=O)(=O)c1cccnc1)C(C)C(=O)O. The number of pyridine rings is 1. The predicted octanol–water partition coefficient (Wildman–Crippen LogP) is -0.860. The first-order chi connectivity index (χ1) is 12.1. The van der Waals surface area contributed by atoms with Gasteiger partial charge in [-0.2, -0.15) is 4.31 Å². The monoisotopic (exact) mass is 386 g/mol. The normalized spacial score (nSPS) is 12.5. The molecule has 144 valence electrons. The Morgan fingerprint density at radius 3 is 2.50 bits per heavy atom. The molecule has 2 N–H and O–H groups in total. The summed E-state index contributed by atoms with van der Waals surface area (Å²) >= 11 is 0. The van der Waals surface area contributed by atoms with Crippen molar-refractivity contribution in [1.82, 2.24) is 19.5 Å². The van der Waals surface area contributed by atoms with Crippen LogP contribution in [0.2, 0.25) is 0 Å². The maximum Gasteiger partial charge on any atom is 0.326 e. The molecule has 0 aliphatic carbocycles. The van der Waals surface area contributed by atoms with Crippen molar-refractivity contribution in [1.29, 1.82) is 0 Å². The fraction of sp³-hybridized carbons (Fsp3) is 0.467. The third-order valence-electron chi connectivity index (χ3n) is 3.57. The quantitative estimate of drug-likeness (QED) is 0.563. The number of carboxylic acids is 1. The van der Waals surface area contributed by atoms with E-state index >= 15 is 0 Å². The maximum absolute atomic E-state index is 12.5. The Hall–Kier alpha value is -2.53. The van der Waals surface area contributed by atoms with Gasteiger partial charge in [0.2, 0.25) is 21.8 Å². The summed E-state index contributed by atoms with van der Waals surface area (Å²) in [6.07, 6.45) is 2.58. The lowest BCUT2D eigenvalue weighted by atomic mass is 10.2. The van der Waals surface area contributed by atoms with Gasteiger partial charge >= 0.3 is 5.97 Å². The molecule has 1 unspecified atom stereocenters. The van der Waals surface area contributed by atoms with Crippen LogP contribution in [0.25, 0.3) is 0 Å². The second-order valence-electron chi connectivity index (χ2n) is 5.53. The standard InChI is InChI=1S/C15H22N4O6S/c1-11(15(22)23)19(8-7-17-12(2)20)14(21)10-18(3)26(24,25)13-5-4-6-16-9-13/h4-6,9,11H,7-8,10H2,1-3H3,(H,17,20)(H,22,23). The zero-order valence-corrected chi connectivity index (χ0v) is 15.6. The molecule has 0 aliphatic heterocycles. The number of carboxylic acid groups (broad SMARTS) is 1. The maximum atomic E-state index is 12.5. The highest BCUT2D eigenvalue weighted by Crippen LogP contribution is 2.13. The van der Waals surface area contributed by atoms with E-state index in [0.29, 0.717) is 0 Å². The fourth-order valence-electron chi connectivity index (χ4n) is 2.07. The molecule has 1 atom stereocenters. The molecule has 0 saturated heterocycles. The largest absolute Gasteiger partial charge is 0.480 e. The van der Waals surface area contributed by atoms with Gasteiger partial charge in [-0.05, 0) is 19.1 Å². The Labute approximate surface area is 151 Å². The van der Waals surface area contributed by atoms with Crippen LogP contribution in [0, 0.1) is 0 Å². The number of likely N-dealkylation sites (N-methyl/N-ethyl adjacent to an activating group) is 1. The van der Waals surface area contributed by atoms with E-state index < -0.39 is 34.5 Å². The molecule has 1 rings (SSSR count). The van der Waals surface area contributed by atoms with Gasteiger partial charge in [0, 0.05) is 39.5 Å². The van der Waals surface area contributed by atoms with Crippen LogP contribution in [-0.4, -0.2) is 78.2 Å². The molecule has 0 aliphatic rings. The van der Waals surface area contributed by atoms with Crippen molar-refractivity contribution in [3.8, 4) is 0 Å². The van der Waals surface area contributed by atoms with Crippen molar-refractivity contribution < 1.29 is 27.9 Å². The predicted molar refractivity (Wildman–Crippen MR) is 91.5 cm³/mol. The Morgan fingerprint density at radius 2 is 2.00 bits per heavy atom. The van der Waals surface area contributed by atoms with E-state index in [1.54, 1.807) is 0 Å². The van der Waals surface area contributed by atoms with Gasteiger partial charge in [0.15, 0.2) is 0 Å². The first-order valence-electron chi connectivity index (χ1n) is 7.70. The van der Waals surface area contributed by atoms with Crippen LogP contribution in [0.15, 0.2) is 29.4 Å². The third-order valence-corrected chi connectivity index (χ3v) is 5.36. The summed E-state index contributed by atoms with van der Waals surface area (Å²) in [7, 11) is -2.72. The van der Waals surface area contributed by atoms with E-state index in [-0.39, 0.29) is 23.9 Å². The number of nitrogens with zero attached hydrogens (tertiary/aromatic N) is 3. The number of amides is 2. The van der Waals surface area contributed by atoms with Crippen LogP contribution in [-0.2, 0) is 24.4 Å². The number of carbonyl (C=O) groups excluding carboxylic acids is 2. The van der Waals surface area contributed by atoms with Gasteiger partial charge in [0.05, 0.1) is 6.54 Å². The zero-order valence-electron chi connectivity index (χ0n) is 14.7. The number of hydrogen-bond acceptors (Lipinski definition) is 6. The summed E-state index contributed by atoms with van der Waals surface area (Å²) in [5.74, 6) is -2.25. The van der Waals surface area contributed by atoms with Crippen molar-refractivity contribution in [3.05, 3.63) is 24.5 Å². The summed E-state index contributed by atoms with van der Waals surface area (Å²) in [4.78, 5) is 39.3. The molecular formula is C15H22N4O6S. The number of carbonyl (C=O) groups is 3. The molecule has 26 heavy (non-hydrogen) atoms. The summed E-state index contributed by atoms with van der Waals surface area (Å²) in [6.45, 7) is 2.05.